The Morgan fingerprint density at radius 2 is 2.00 bits per heavy atom. The Morgan fingerprint density at radius 3 is 2.56 bits per heavy atom. The summed E-state index contributed by atoms with van der Waals surface area (Å²) in [5.41, 5.74) is 0. The van der Waals surface area contributed by atoms with Gasteiger partial charge in [-0.2, -0.15) is 0 Å². The molecule has 1 fully saturated rings. The van der Waals surface area contributed by atoms with E-state index in [0.29, 0.717) is 12.0 Å². The molecule has 1 N–H and O–H groups in total. The minimum atomic E-state index is 0.546. The molecule has 1 rings (SSSR count). The predicted molar refractivity (Wildman–Crippen MR) is 66.7 cm³/mol. The molecule has 0 amide bonds. The third-order valence-electron chi connectivity index (χ3n) is 3.14. The van der Waals surface area contributed by atoms with Crippen LogP contribution in [0.1, 0.15) is 33.1 Å². The van der Waals surface area contributed by atoms with Crippen molar-refractivity contribution in [3.05, 3.63) is 0 Å². The maximum absolute atomic E-state index is 5.60. The second kappa shape index (κ2) is 8.04. The van der Waals surface area contributed by atoms with Crippen LogP contribution in [-0.2, 0) is 9.47 Å². The highest BCUT2D eigenvalue weighted by Crippen LogP contribution is 2.28. The van der Waals surface area contributed by atoms with Gasteiger partial charge in [0.2, 0.25) is 0 Å². The van der Waals surface area contributed by atoms with Crippen LogP contribution in [0.25, 0.3) is 0 Å². The second-order valence-electron chi connectivity index (χ2n) is 5.10. The molecule has 0 saturated heterocycles. The van der Waals surface area contributed by atoms with Crippen molar-refractivity contribution in [2.75, 3.05) is 33.5 Å². The quantitative estimate of drug-likeness (QED) is 0.582. The molecule has 0 bridgehead atoms. The molecule has 16 heavy (non-hydrogen) atoms. The molecule has 3 nitrogen and oxygen atoms in total. The number of methoxy groups -OCH3 is 1. The Kier molecular flexibility index (Phi) is 7.01. The van der Waals surface area contributed by atoms with Crippen molar-refractivity contribution in [2.24, 2.45) is 11.8 Å². The van der Waals surface area contributed by atoms with Crippen LogP contribution in [0.5, 0.6) is 0 Å². The molecule has 1 saturated carbocycles. The zero-order valence-electron chi connectivity index (χ0n) is 11.0. The van der Waals surface area contributed by atoms with Gasteiger partial charge in [0.05, 0.1) is 6.61 Å². The minimum absolute atomic E-state index is 0.546. The summed E-state index contributed by atoms with van der Waals surface area (Å²) in [6, 6.07) is 0.546. The summed E-state index contributed by atoms with van der Waals surface area (Å²) < 4.78 is 10.7. The molecule has 1 aliphatic carbocycles. The molecule has 1 aliphatic rings. The van der Waals surface area contributed by atoms with Crippen molar-refractivity contribution in [1.29, 1.82) is 0 Å². The summed E-state index contributed by atoms with van der Waals surface area (Å²) in [5.74, 6) is 1.52. The topological polar surface area (TPSA) is 30.5 Å². The molecule has 0 aromatic rings. The van der Waals surface area contributed by atoms with E-state index in [1.54, 1.807) is 7.11 Å². The summed E-state index contributed by atoms with van der Waals surface area (Å²) in [4.78, 5) is 0. The Bertz CT molecular complexity index is 169. The van der Waals surface area contributed by atoms with E-state index in [-0.39, 0.29) is 0 Å². The van der Waals surface area contributed by atoms with Gasteiger partial charge in [-0.05, 0) is 31.1 Å². The van der Waals surface area contributed by atoms with Gasteiger partial charge < -0.3 is 14.8 Å². The van der Waals surface area contributed by atoms with E-state index >= 15 is 0 Å². The Hall–Kier alpha value is -0.120. The second-order valence-corrected chi connectivity index (χ2v) is 5.10. The Morgan fingerprint density at radius 1 is 1.25 bits per heavy atom. The predicted octanol–water partition coefficient (Wildman–Crippen LogP) is 2.06. The van der Waals surface area contributed by atoms with Gasteiger partial charge in [-0.3, -0.25) is 0 Å². The van der Waals surface area contributed by atoms with Crippen LogP contribution in [0, 0.1) is 11.8 Å². The van der Waals surface area contributed by atoms with Crippen LogP contribution in [0.2, 0.25) is 0 Å². The first kappa shape index (κ1) is 13.9. The van der Waals surface area contributed by atoms with Crippen LogP contribution in [-0.4, -0.2) is 39.5 Å². The first-order valence-corrected chi connectivity index (χ1v) is 6.54. The molecule has 0 radical (unpaired) electrons. The lowest BCUT2D eigenvalue weighted by atomic mass is 10.0. The molecule has 0 spiro atoms. The summed E-state index contributed by atoms with van der Waals surface area (Å²) in [7, 11) is 1.76. The highest BCUT2D eigenvalue weighted by molar-refractivity contribution is 4.73. The average molecular weight is 229 g/mol. The van der Waals surface area contributed by atoms with Gasteiger partial charge >= 0.3 is 0 Å². The lowest BCUT2D eigenvalue weighted by Gasteiger charge is -2.22. The Labute approximate surface area is 99.9 Å². The van der Waals surface area contributed by atoms with E-state index in [0.717, 1.165) is 38.7 Å². The highest BCUT2D eigenvalue weighted by Gasteiger charge is 2.21. The summed E-state index contributed by atoms with van der Waals surface area (Å²) in [6.45, 7) is 8.09. The van der Waals surface area contributed by atoms with E-state index in [4.69, 9.17) is 9.47 Å². The van der Waals surface area contributed by atoms with Gasteiger partial charge in [0.25, 0.3) is 0 Å². The largest absolute Gasteiger partial charge is 0.385 e. The summed E-state index contributed by atoms with van der Waals surface area (Å²) in [5, 5.41) is 3.54. The molecule has 96 valence electrons. The number of rotatable bonds is 10. The van der Waals surface area contributed by atoms with Crippen molar-refractivity contribution in [3.63, 3.8) is 0 Å². The lowest BCUT2D eigenvalue weighted by molar-refractivity contribution is 0.119. The standard InChI is InChI=1S/C13H27NO2/c1-11(2)13(6-8-15-3)14-7-9-16-10-12-4-5-12/h11-14H,4-10H2,1-3H3. The van der Waals surface area contributed by atoms with Gasteiger partial charge in [-0.15, -0.1) is 0 Å². The molecule has 1 atom stereocenters. The zero-order valence-corrected chi connectivity index (χ0v) is 11.0. The SMILES string of the molecule is COCCC(NCCOCC1CC1)C(C)C. The first-order chi connectivity index (χ1) is 7.74. The van der Waals surface area contributed by atoms with Crippen molar-refractivity contribution < 1.29 is 9.47 Å². The summed E-state index contributed by atoms with van der Waals surface area (Å²) in [6.07, 6.45) is 3.82. The van der Waals surface area contributed by atoms with Crippen molar-refractivity contribution in [3.8, 4) is 0 Å². The maximum atomic E-state index is 5.60. The monoisotopic (exact) mass is 229 g/mol. The van der Waals surface area contributed by atoms with Crippen molar-refractivity contribution in [2.45, 2.75) is 39.2 Å². The number of hydrogen-bond acceptors (Lipinski definition) is 3. The molecule has 3 heteroatoms. The highest BCUT2D eigenvalue weighted by atomic mass is 16.5. The van der Waals surface area contributed by atoms with Crippen LogP contribution < -0.4 is 5.32 Å². The van der Waals surface area contributed by atoms with Gasteiger partial charge in [-0.1, -0.05) is 13.8 Å². The number of nitrogens with one attached hydrogen (secondary N) is 1. The van der Waals surface area contributed by atoms with Crippen LogP contribution in [0.3, 0.4) is 0 Å². The Balaban J connectivity index is 1.96. The van der Waals surface area contributed by atoms with E-state index in [2.05, 4.69) is 19.2 Å². The normalized spacial score (nSPS) is 18.0. The number of hydrogen-bond donors (Lipinski definition) is 1. The molecule has 0 aromatic carbocycles. The molecule has 0 heterocycles. The molecular formula is C13H27NO2. The summed E-state index contributed by atoms with van der Waals surface area (Å²) >= 11 is 0. The van der Waals surface area contributed by atoms with Crippen LogP contribution in [0.15, 0.2) is 0 Å². The van der Waals surface area contributed by atoms with Crippen molar-refractivity contribution in [1.82, 2.24) is 5.32 Å². The maximum Gasteiger partial charge on any atom is 0.0591 e. The van der Waals surface area contributed by atoms with Gasteiger partial charge in [-0.25, -0.2) is 0 Å². The average Bonchev–Trinajstić information content (AvgIpc) is 3.05. The van der Waals surface area contributed by atoms with Crippen molar-refractivity contribution >= 4 is 0 Å². The van der Waals surface area contributed by atoms with E-state index < -0.39 is 0 Å². The molecular weight excluding hydrogens is 202 g/mol. The number of ether oxygens (including phenoxy) is 2. The fourth-order valence-corrected chi connectivity index (χ4v) is 1.77. The van der Waals surface area contributed by atoms with E-state index in [9.17, 15) is 0 Å². The fourth-order valence-electron chi connectivity index (χ4n) is 1.77. The first-order valence-electron chi connectivity index (χ1n) is 6.54. The minimum Gasteiger partial charge on any atom is -0.385 e. The fraction of sp³-hybridized carbons (Fsp3) is 1.00. The van der Waals surface area contributed by atoms with E-state index in [1.807, 2.05) is 0 Å². The molecule has 1 unspecified atom stereocenters. The molecule has 0 aliphatic heterocycles. The smallest absolute Gasteiger partial charge is 0.0591 e. The van der Waals surface area contributed by atoms with Gasteiger partial charge in [0.1, 0.15) is 0 Å². The lowest BCUT2D eigenvalue weighted by Crippen LogP contribution is -2.37. The third-order valence-corrected chi connectivity index (χ3v) is 3.14. The zero-order chi connectivity index (χ0) is 11.8. The van der Waals surface area contributed by atoms with E-state index in [1.165, 1.54) is 12.8 Å². The molecule has 0 aromatic heterocycles. The van der Waals surface area contributed by atoms with Crippen LogP contribution >= 0.6 is 0 Å². The van der Waals surface area contributed by atoms with Gasteiger partial charge in [0.15, 0.2) is 0 Å². The van der Waals surface area contributed by atoms with Gasteiger partial charge in [0, 0.05) is 32.9 Å². The third kappa shape index (κ3) is 6.46. The van der Waals surface area contributed by atoms with Crippen LogP contribution in [0.4, 0.5) is 0 Å².